The Labute approximate surface area is 90.0 Å². The van der Waals surface area contributed by atoms with Gasteiger partial charge in [0.05, 0.1) is 12.7 Å². The van der Waals surface area contributed by atoms with E-state index in [-0.39, 0.29) is 18.1 Å². The predicted octanol–water partition coefficient (Wildman–Crippen LogP) is -0.265. The Bertz CT molecular complexity index is 262. The molecule has 1 saturated heterocycles. The summed E-state index contributed by atoms with van der Waals surface area (Å²) in [6.45, 7) is 6.07. The first-order chi connectivity index (χ1) is 7.20. The lowest BCUT2D eigenvalue weighted by Gasteiger charge is -2.35. The zero-order valence-electron chi connectivity index (χ0n) is 9.19. The summed E-state index contributed by atoms with van der Waals surface area (Å²) in [4.78, 5) is 13.4. The van der Waals surface area contributed by atoms with Crippen molar-refractivity contribution in [1.29, 1.82) is 5.26 Å². The van der Waals surface area contributed by atoms with Gasteiger partial charge in [-0.05, 0) is 13.8 Å². The van der Waals surface area contributed by atoms with E-state index >= 15 is 0 Å². The quantitative estimate of drug-likeness (QED) is 0.651. The second kappa shape index (κ2) is 5.69. The van der Waals surface area contributed by atoms with Crippen molar-refractivity contribution in [2.24, 2.45) is 0 Å². The van der Waals surface area contributed by atoms with Crippen LogP contribution >= 0.6 is 0 Å². The Balaban J connectivity index is 2.59. The molecule has 1 heterocycles. The number of nitriles is 1. The molecule has 0 aromatic rings. The minimum Gasteiger partial charge on any atom is -0.465 e. The molecule has 2 atom stereocenters. The smallest absolute Gasteiger partial charge is 0.323 e. The van der Waals surface area contributed by atoms with Crippen molar-refractivity contribution in [3.05, 3.63) is 0 Å². The van der Waals surface area contributed by atoms with Gasteiger partial charge in [-0.3, -0.25) is 9.69 Å². The highest BCUT2D eigenvalue weighted by Gasteiger charge is 2.30. The molecule has 0 aromatic heterocycles. The highest BCUT2D eigenvalue weighted by molar-refractivity contribution is 5.75. The zero-order chi connectivity index (χ0) is 11.3. The van der Waals surface area contributed by atoms with Crippen molar-refractivity contribution in [1.82, 2.24) is 10.2 Å². The maximum atomic E-state index is 11.5. The minimum absolute atomic E-state index is 0.238. The lowest BCUT2D eigenvalue weighted by atomic mass is 10.1. The van der Waals surface area contributed by atoms with Crippen molar-refractivity contribution >= 4 is 5.97 Å². The van der Waals surface area contributed by atoms with Gasteiger partial charge in [0.15, 0.2) is 0 Å². The summed E-state index contributed by atoms with van der Waals surface area (Å²) in [7, 11) is 0. The van der Waals surface area contributed by atoms with E-state index in [0.29, 0.717) is 19.7 Å². The van der Waals surface area contributed by atoms with Gasteiger partial charge in [0, 0.05) is 19.6 Å². The molecule has 1 N–H and O–H groups in total. The van der Waals surface area contributed by atoms with Gasteiger partial charge in [0.1, 0.15) is 12.1 Å². The number of carbonyl (C=O) groups is 1. The Morgan fingerprint density at radius 2 is 2.53 bits per heavy atom. The fraction of sp³-hybridized carbons (Fsp3) is 0.800. The van der Waals surface area contributed by atoms with Crippen molar-refractivity contribution in [3.8, 4) is 6.07 Å². The maximum Gasteiger partial charge on any atom is 0.323 e. The van der Waals surface area contributed by atoms with Crippen LogP contribution < -0.4 is 5.32 Å². The first-order valence-electron chi connectivity index (χ1n) is 5.23. The van der Waals surface area contributed by atoms with Gasteiger partial charge in [-0.1, -0.05) is 0 Å². The molecule has 0 spiro atoms. The van der Waals surface area contributed by atoms with Crippen LogP contribution in [0.15, 0.2) is 0 Å². The number of carbonyl (C=O) groups excluding carboxylic acids is 1. The van der Waals surface area contributed by atoms with Gasteiger partial charge < -0.3 is 10.1 Å². The van der Waals surface area contributed by atoms with E-state index in [4.69, 9.17) is 10.00 Å². The van der Waals surface area contributed by atoms with Gasteiger partial charge in [0.2, 0.25) is 0 Å². The Morgan fingerprint density at radius 3 is 3.13 bits per heavy atom. The molecule has 5 heteroatoms. The summed E-state index contributed by atoms with van der Waals surface area (Å²) in [5.41, 5.74) is 0. The van der Waals surface area contributed by atoms with Gasteiger partial charge in [-0.15, -0.1) is 0 Å². The third-order valence-corrected chi connectivity index (χ3v) is 2.56. The third-order valence-electron chi connectivity index (χ3n) is 2.56. The molecule has 0 amide bonds. The first-order valence-corrected chi connectivity index (χ1v) is 5.23. The fourth-order valence-electron chi connectivity index (χ4n) is 1.70. The van der Waals surface area contributed by atoms with Crippen LogP contribution in [0.5, 0.6) is 0 Å². The monoisotopic (exact) mass is 211 g/mol. The highest BCUT2D eigenvalue weighted by atomic mass is 16.5. The van der Waals surface area contributed by atoms with Crippen molar-refractivity contribution < 1.29 is 9.53 Å². The summed E-state index contributed by atoms with van der Waals surface area (Å²) < 4.78 is 4.94. The van der Waals surface area contributed by atoms with E-state index in [1.54, 1.807) is 13.8 Å². The molecular formula is C10H17N3O2. The Hall–Kier alpha value is -1.12. The number of piperazine rings is 1. The summed E-state index contributed by atoms with van der Waals surface area (Å²) in [5, 5.41) is 12.1. The standard InChI is InChI=1S/C10H17N3O2/c1-3-15-10(14)8(2)13-5-4-12-7-9(13)6-11/h8-9,12H,3-5,7H2,1-2H3. The second-order valence-corrected chi connectivity index (χ2v) is 3.51. The number of hydrogen-bond acceptors (Lipinski definition) is 5. The van der Waals surface area contributed by atoms with Crippen LogP contribution in [-0.4, -0.2) is 49.2 Å². The molecule has 1 fully saturated rings. The lowest BCUT2D eigenvalue weighted by molar-refractivity contribution is -0.149. The summed E-state index contributed by atoms with van der Waals surface area (Å²) in [6.07, 6.45) is 0. The highest BCUT2D eigenvalue weighted by Crippen LogP contribution is 2.09. The van der Waals surface area contributed by atoms with Gasteiger partial charge in [0.25, 0.3) is 0 Å². The summed E-state index contributed by atoms with van der Waals surface area (Å²) >= 11 is 0. The van der Waals surface area contributed by atoms with Crippen LogP contribution in [0.3, 0.4) is 0 Å². The van der Waals surface area contributed by atoms with Crippen LogP contribution in [0.1, 0.15) is 13.8 Å². The predicted molar refractivity (Wildman–Crippen MR) is 55.1 cm³/mol. The topological polar surface area (TPSA) is 65.4 Å². The van der Waals surface area contributed by atoms with Crippen molar-refractivity contribution in [2.75, 3.05) is 26.2 Å². The number of nitrogens with zero attached hydrogens (tertiary/aromatic N) is 2. The van der Waals surface area contributed by atoms with Crippen LogP contribution in [-0.2, 0) is 9.53 Å². The van der Waals surface area contributed by atoms with Crippen LogP contribution in [0.4, 0.5) is 0 Å². The van der Waals surface area contributed by atoms with Crippen molar-refractivity contribution in [3.63, 3.8) is 0 Å². The molecule has 0 saturated carbocycles. The van der Waals surface area contributed by atoms with Gasteiger partial charge >= 0.3 is 5.97 Å². The molecule has 1 aliphatic heterocycles. The number of ether oxygens (including phenoxy) is 1. The molecule has 1 rings (SSSR count). The molecule has 0 radical (unpaired) electrons. The van der Waals surface area contributed by atoms with Crippen LogP contribution in [0, 0.1) is 11.3 Å². The van der Waals surface area contributed by atoms with E-state index in [1.165, 1.54) is 0 Å². The van der Waals surface area contributed by atoms with E-state index in [0.717, 1.165) is 6.54 Å². The largest absolute Gasteiger partial charge is 0.465 e. The maximum absolute atomic E-state index is 11.5. The minimum atomic E-state index is -0.336. The molecule has 2 unspecified atom stereocenters. The molecule has 5 nitrogen and oxygen atoms in total. The first kappa shape index (κ1) is 12.0. The number of nitrogens with one attached hydrogen (secondary N) is 1. The third kappa shape index (κ3) is 2.91. The van der Waals surface area contributed by atoms with Crippen LogP contribution in [0.25, 0.3) is 0 Å². The average molecular weight is 211 g/mol. The molecule has 1 aliphatic rings. The molecule has 0 bridgehead atoms. The van der Waals surface area contributed by atoms with E-state index in [2.05, 4.69) is 11.4 Å². The SMILES string of the molecule is CCOC(=O)C(C)N1CCNCC1C#N. The van der Waals surface area contributed by atoms with E-state index in [9.17, 15) is 4.79 Å². The average Bonchev–Trinajstić information content (AvgIpc) is 2.28. The fourth-order valence-corrected chi connectivity index (χ4v) is 1.70. The van der Waals surface area contributed by atoms with E-state index in [1.807, 2.05) is 4.90 Å². The number of esters is 1. The van der Waals surface area contributed by atoms with Crippen molar-refractivity contribution in [2.45, 2.75) is 25.9 Å². The van der Waals surface area contributed by atoms with Gasteiger partial charge in [-0.2, -0.15) is 5.26 Å². The second-order valence-electron chi connectivity index (χ2n) is 3.51. The molecular weight excluding hydrogens is 194 g/mol. The van der Waals surface area contributed by atoms with E-state index < -0.39 is 0 Å². The summed E-state index contributed by atoms with van der Waals surface area (Å²) in [6, 6.07) is 1.61. The summed E-state index contributed by atoms with van der Waals surface area (Å²) in [5.74, 6) is -0.250. The van der Waals surface area contributed by atoms with Crippen LogP contribution in [0.2, 0.25) is 0 Å². The Kier molecular flexibility index (Phi) is 4.53. The number of hydrogen-bond donors (Lipinski definition) is 1. The Morgan fingerprint density at radius 1 is 1.80 bits per heavy atom. The molecule has 15 heavy (non-hydrogen) atoms. The normalized spacial score (nSPS) is 24.2. The molecule has 0 aliphatic carbocycles. The molecule has 84 valence electrons. The lowest BCUT2D eigenvalue weighted by Crippen LogP contribution is -2.56. The zero-order valence-corrected chi connectivity index (χ0v) is 9.19. The molecule has 0 aromatic carbocycles. The van der Waals surface area contributed by atoms with Gasteiger partial charge in [-0.25, -0.2) is 0 Å². The number of rotatable bonds is 3.